The van der Waals surface area contributed by atoms with Gasteiger partial charge in [0.2, 0.25) is 5.95 Å². The van der Waals surface area contributed by atoms with Gasteiger partial charge in [0.1, 0.15) is 0 Å². The second-order valence-corrected chi connectivity index (χ2v) is 8.69. The van der Waals surface area contributed by atoms with Crippen LogP contribution in [-0.2, 0) is 12.7 Å². The number of nitrogens with zero attached hydrogens (tertiary/aromatic N) is 4. The van der Waals surface area contributed by atoms with Crippen LogP contribution in [0.1, 0.15) is 22.3 Å². The lowest BCUT2D eigenvalue weighted by Crippen LogP contribution is -2.44. The van der Waals surface area contributed by atoms with Gasteiger partial charge in [-0.2, -0.15) is 13.2 Å². The molecule has 0 atom stereocenters. The number of halogens is 4. The first-order valence-electron chi connectivity index (χ1n) is 10.8. The van der Waals surface area contributed by atoms with Gasteiger partial charge in [0.15, 0.2) is 0 Å². The van der Waals surface area contributed by atoms with E-state index >= 15 is 0 Å². The molecule has 0 bridgehead atoms. The number of hydrogen-bond donors (Lipinski definition) is 1. The maximum Gasteiger partial charge on any atom is 0.416 e. The largest absolute Gasteiger partial charge is 0.416 e. The van der Waals surface area contributed by atoms with Crippen molar-refractivity contribution in [2.24, 2.45) is 0 Å². The van der Waals surface area contributed by atoms with Crippen LogP contribution in [0.2, 0.25) is 5.02 Å². The summed E-state index contributed by atoms with van der Waals surface area (Å²) in [5.41, 5.74) is 0.299. The third-order valence-corrected chi connectivity index (χ3v) is 6.07. The predicted molar refractivity (Wildman–Crippen MR) is 123 cm³/mol. The molecular weight excluding hydrogens is 455 g/mol. The summed E-state index contributed by atoms with van der Waals surface area (Å²) in [7, 11) is 2.10. The van der Waals surface area contributed by atoms with E-state index in [1.807, 2.05) is 0 Å². The van der Waals surface area contributed by atoms with Gasteiger partial charge >= 0.3 is 6.18 Å². The zero-order valence-electron chi connectivity index (χ0n) is 18.2. The molecule has 3 aromatic rings. The number of carbonyl (C=O) groups excluding carboxylic acids is 1. The number of nitrogens with one attached hydrogen (secondary N) is 1. The highest BCUT2D eigenvalue weighted by Gasteiger charge is 2.31. The molecule has 1 fully saturated rings. The number of piperazine rings is 1. The molecule has 1 aromatic heterocycles. The minimum Gasteiger partial charge on any atom is -0.310 e. The van der Waals surface area contributed by atoms with Crippen LogP contribution < -0.4 is 5.32 Å². The van der Waals surface area contributed by atoms with Gasteiger partial charge in [-0.25, -0.2) is 4.98 Å². The van der Waals surface area contributed by atoms with Crippen LogP contribution in [0, 0.1) is 0 Å². The summed E-state index contributed by atoms with van der Waals surface area (Å²) in [6.07, 6.45) is -3.69. The summed E-state index contributed by atoms with van der Waals surface area (Å²) in [5, 5.41) is 3.16. The first kappa shape index (κ1) is 23.5. The quantitative estimate of drug-likeness (QED) is 0.561. The van der Waals surface area contributed by atoms with Gasteiger partial charge in [-0.15, -0.1) is 0 Å². The number of rotatable bonds is 6. The highest BCUT2D eigenvalue weighted by molar-refractivity contribution is 6.31. The molecule has 6 nitrogen and oxygen atoms in total. The summed E-state index contributed by atoms with van der Waals surface area (Å²) in [5.74, 6) is -0.211. The van der Waals surface area contributed by atoms with Crippen molar-refractivity contribution in [3.63, 3.8) is 0 Å². The van der Waals surface area contributed by atoms with Crippen molar-refractivity contribution in [1.82, 2.24) is 19.4 Å². The summed E-state index contributed by atoms with van der Waals surface area (Å²) in [6, 6.07) is 9.93. The molecule has 176 valence electrons. The Morgan fingerprint density at radius 1 is 1.09 bits per heavy atom. The summed E-state index contributed by atoms with van der Waals surface area (Å²) < 4.78 is 41.4. The molecule has 10 heteroatoms. The summed E-state index contributed by atoms with van der Waals surface area (Å²) in [4.78, 5) is 21.7. The van der Waals surface area contributed by atoms with Crippen LogP contribution in [-0.4, -0.2) is 65.0 Å². The minimum absolute atomic E-state index is 0.186. The number of fused-ring (bicyclic) bond motifs is 1. The van der Waals surface area contributed by atoms with Crippen molar-refractivity contribution in [2.45, 2.75) is 19.1 Å². The van der Waals surface area contributed by atoms with Crippen LogP contribution >= 0.6 is 11.6 Å². The Morgan fingerprint density at radius 2 is 1.85 bits per heavy atom. The van der Waals surface area contributed by atoms with Crippen LogP contribution in [0.3, 0.4) is 0 Å². The fourth-order valence-corrected chi connectivity index (χ4v) is 4.15. The van der Waals surface area contributed by atoms with E-state index in [9.17, 15) is 18.0 Å². The molecule has 0 aliphatic carbocycles. The van der Waals surface area contributed by atoms with E-state index < -0.39 is 17.6 Å². The number of amides is 1. The zero-order chi connectivity index (χ0) is 23.6. The van der Waals surface area contributed by atoms with E-state index in [-0.39, 0.29) is 11.5 Å². The fourth-order valence-electron chi connectivity index (χ4n) is 3.96. The van der Waals surface area contributed by atoms with E-state index in [1.165, 1.54) is 12.1 Å². The molecule has 1 aliphatic heterocycles. The maximum atomic E-state index is 13.2. The van der Waals surface area contributed by atoms with Gasteiger partial charge in [0.05, 0.1) is 16.6 Å². The van der Waals surface area contributed by atoms with Gasteiger partial charge in [0.25, 0.3) is 5.91 Å². The van der Waals surface area contributed by atoms with Gasteiger partial charge in [0, 0.05) is 43.3 Å². The molecule has 2 aromatic carbocycles. The first-order chi connectivity index (χ1) is 15.7. The zero-order valence-corrected chi connectivity index (χ0v) is 19.0. The Labute approximate surface area is 194 Å². The van der Waals surface area contributed by atoms with Crippen molar-refractivity contribution in [1.29, 1.82) is 0 Å². The van der Waals surface area contributed by atoms with E-state index in [4.69, 9.17) is 11.6 Å². The SMILES string of the molecule is CN1CCN(CCCn2c(NC(=O)c3cccc(Cl)c3)nc3cc(C(F)(F)F)ccc32)CC1. The lowest BCUT2D eigenvalue weighted by atomic mass is 10.2. The molecule has 33 heavy (non-hydrogen) atoms. The van der Waals surface area contributed by atoms with Crippen LogP contribution in [0.5, 0.6) is 0 Å². The third-order valence-electron chi connectivity index (χ3n) is 5.84. The Bertz CT molecular complexity index is 1140. The summed E-state index contributed by atoms with van der Waals surface area (Å²) >= 11 is 5.98. The van der Waals surface area contributed by atoms with Gasteiger partial charge in [-0.05, 0) is 56.4 Å². The Hall–Kier alpha value is -2.62. The lowest BCUT2D eigenvalue weighted by Gasteiger charge is -2.32. The van der Waals surface area contributed by atoms with Crippen LogP contribution in [0.15, 0.2) is 42.5 Å². The summed E-state index contributed by atoms with van der Waals surface area (Å²) in [6.45, 7) is 5.35. The van der Waals surface area contributed by atoms with E-state index in [2.05, 4.69) is 27.1 Å². The monoisotopic (exact) mass is 479 g/mol. The predicted octanol–water partition coefficient (Wildman–Crippen LogP) is 4.60. The van der Waals surface area contributed by atoms with Gasteiger partial charge in [-0.1, -0.05) is 17.7 Å². The van der Waals surface area contributed by atoms with Crippen molar-refractivity contribution >= 4 is 34.5 Å². The number of alkyl halides is 3. The van der Waals surface area contributed by atoms with Crippen molar-refractivity contribution < 1.29 is 18.0 Å². The molecule has 1 saturated heterocycles. The normalized spacial score (nSPS) is 15.8. The number of aromatic nitrogens is 2. The Balaban J connectivity index is 1.58. The third kappa shape index (κ3) is 5.66. The Kier molecular flexibility index (Phi) is 6.92. The fraction of sp³-hybridized carbons (Fsp3) is 0.391. The van der Waals surface area contributed by atoms with E-state index in [0.717, 1.165) is 51.3 Å². The number of aryl methyl sites for hydroxylation is 1. The number of hydrogen-bond acceptors (Lipinski definition) is 4. The second-order valence-electron chi connectivity index (χ2n) is 8.25. The highest BCUT2D eigenvalue weighted by atomic mass is 35.5. The number of anilines is 1. The first-order valence-corrected chi connectivity index (χ1v) is 11.1. The standard InChI is InChI=1S/C23H25ClF3N5O/c1-30-10-12-31(13-11-30)8-3-9-32-20-7-6-17(23(25,26)27)15-19(20)28-22(32)29-21(33)16-4-2-5-18(24)14-16/h2,4-7,14-15H,3,8-13H2,1H3,(H,28,29,33). The van der Waals surface area contributed by atoms with Gasteiger partial charge in [-0.3, -0.25) is 10.1 Å². The molecule has 2 heterocycles. The van der Waals surface area contributed by atoms with Crippen LogP contribution in [0.25, 0.3) is 11.0 Å². The maximum absolute atomic E-state index is 13.2. The minimum atomic E-state index is -4.47. The average Bonchev–Trinajstić information content (AvgIpc) is 3.11. The van der Waals surface area contributed by atoms with Crippen LogP contribution in [0.4, 0.5) is 19.1 Å². The van der Waals surface area contributed by atoms with Gasteiger partial charge < -0.3 is 14.4 Å². The molecule has 0 radical (unpaired) electrons. The molecule has 4 rings (SSSR count). The number of carbonyl (C=O) groups is 1. The smallest absolute Gasteiger partial charge is 0.310 e. The van der Waals surface area contributed by atoms with E-state index in [0.29, 0.717) is 22.6 Å². The number of imidazole rings is 1. The lowest BCUT2D eigenvalue weighted by molar-refractivity contribution is -0.137. The highest BCUT2D eigenvalue weighted by Crippen LogP contribution is 2.32. The second kappa shape index (κ2) is 9.70. The van der Waals surface area contributed by atoms with Crippen molar-refractivity contribution in [3.05, 3.63) is 58.6 Å². The molecular formula is C23H25ClF3N5O. The average molecular weight is 480 g/mol. The van der Waals surface area contributed by atoms with Crippen molar-refractivity contribution in [2.75, 3.05) is 45.1 Å². The van der Waals surface area contributed by atoms with Crippen molar-refractivity contribution in [3.8, 4) is 0 Å². The molecule has 0 spiro atoms. The molecule has 0 unspecified atom stereocenters. The number of benzene rings is 2. The topological polar surface area (TPSA) is 53.4 Å². The Morgan fingerprint density at radius 3 is 2.55 bits per heavy atom. The number of likely N-dealkylation sites (N-methyl/N-ethyl adjacent to an activating group) is 1. The van der Waals surface area contributed by atoms with E-state index in [1.54, 1.807) is 22.8 Å². The molecule has 1 N–H and O–H groups in total. The molecule has 1 amide bonds. The molecule has 1 aliphatic rings. The molecule has 0 saturated carbocycles.